The molecule has 2 rings (SSSR count). The molecule has 0 N–H and O–H groups in total. The van der Waals surface area contributed by atoms with Crippen LogP contribution in [0.4, 0.5) is 0 Å². The highest BCUT2D eigenvalue weighted by atomic mass is 35.5. The van der Waals surface area contributed by atoms with Crippen molar-refractivity contribution in [3.63, 3.8) is 0 Å². The van der Waals surface area contributed by atoms with Gasteiger partial charge in [-0.3, -0.25) is 4.79 Å². The molecule has 13 heavy (non-hydrogen) atoms. The zero-order valence-electron chi connectivity index (χ0n) is 7.03. The minimum atomic E-state index is 0.252. The second-order valence-electron chi connectivity index (χ2n) is 3.23. The van der Waals surface area contributed by atoms with E-state index in [2.05, 4.69) is 9.97 Å². The van der Waals surface area contributed by atoms with E-state index in [1.807, 2.05) is 0 Å². The summed E-state index contributed by atoms with van der Waals surface area (Å²) in [5.41, 5.74) is 0. The van der Waals surface area contributed by atoms with Crippen LogP contribution in [0.2, 0.25) is 5.02 Å². The van der Waals surface area contributed by atoms with Gasteiger partial charge in [-0.15, -0.1) is 0 Å². The Labute approximate surface area is 81.2 Å². The minimum Gasteiger partial charge on any atom is -0.299 e. The first-order chi connectivity index (χ1) is 6.25. The van der Waals surface area contributed by atoms with E-state index in [1.165, 1.54) is 12.4 Å². The molecule has 4 heteroatoms. The van der Waals surface area contributed by atoms with Gasteiger partial charge in [0.25, 0.3) is 0 Å². The van der Waals surface area contributed by atoms with Gasteiger partial charge in [-0.05, 0) is 12.8 Å². The van der Waals surface area contributed by atoms with Gasteiger partial charge in [-0.25, -0.2) is 9.97 Å². The molecule has 1 aromatic rings. The Balaban J connectivity index is 2.00. The molecule has 1 saturated carbocycles. The number of nitrogens with zero attached hydrogens (tertiary/aromatic N) is 2. The third kappa shape index (κ3) is 2.25. The Bertz CT molecular complexity index is 319. The molecule has 0 aromatic carbocycles. The number of Topliss-reactive ketones (excluding diaryl/α,β-unsaturated/α-hetero) is 1. The second kappa shape index (κ2) is 3.42. The summed E-state index contributed by atoms with van der Waals surface area (Å²) in [4.78, 5) is 19.3. The monoisotopic (exact) mass is 196 g/mol. The molecule has 3 nitrogen and oxygen atoms in total. The van der Waals surface area contributed by atoms with Gasteiger partial charge in [-0.1, -0.05) is 11.6 Å². The number of hydrogen-bond acceptors (Lipinski definition) is 3. The molecule has 68 valence electrons. The van der Waals surface area contributed by atoms with E-state index >= 15 is 0 Å². The molecular weight excluding hydrogens is 188 g/mol. The van der Waals surface area contributed by atoms with Gasteiger partial charge < -0.3 is 0 Å². The van der Waals surface area contributed by atoms with Gasteiger partial charge in [0.2, 0.25) is 0 Å². The first kappa shape index (κ1) is 8.63. The molecule has 0 bridgehead atoms. The fourth-order valence-electron chi connectivity index (χ4n) is 1.14. The number of aromatic nitrogens is 2. The molecule has 0 saturated heterocycles. The van der Waals surface area contributed by atoms with Crippen molar-refractivity contribution in [2.45, 2.75) is 19.3 Å². The van der Waals surface area contributed by atoms with Crippen LogP contribution in [0.3, 0.4) is 0 Å². The Kier molecular flexibility index (Phi) is 2.27. The number of carbonyl (C=O) groups is 1. The summed E-state index contributed by atoms with van der Waals surface area (Å²) in [5.74, 6) is 1.10. The van der Waals surface area contributed by atoms with Crippen LogP contribution in [-0.4, -0.2) is 15.8 Å². The predicted molar refractivity (Wildman–Crippen MR) is 48.5 cm³/mol. The predicted octanol–water partition coefficient (Wildman–Crippen LogP) is 1.65. The van der Waals surface area contributed by atoms with Crippen molar-refractivity contribution in [1.29, 1.82) is 0 Å². The van der Waals surface area contributed by atoms with E-state index in [1.54, 1.807) is 0 Å². The molecule has 0 spiro atoms. The van der Waals surface area contributed by atoms with Crippen molar-refractivity contribution < 1.29 is 4.79 Å². The number of hydrogen-bond donors (Lipinski definition) is 0. The molecule has 1 aromatic heterocycles. The molecule has 0 amide bonds. The Hall–Kier alpha value is -0.960. The number of carbonyl (C=O) groups excluding carboxylic acids is 1. The third-order valence-electron chi connectivity index (χ3n) is 2.04. The van der Waals surface area contributed by atoms with Crippen molar-refractivity contribution in [2.75, 3.05) is 0 Å². The number of halogens is 1. The lowest BCUT2D eigenvalue weighted by atomic mass is 10.2. The molecular formula is C9H9ClN2O. The van der Waals surface area contributed by atoms with Crippen molar-refractivity contribution in [3.05, 3.63) is 23.2 Å². The van der Waals surface area contributed by atoms with E-state index < -0.39 is 0 Å². The topological polar surface area (TPSA) is 42.9 Å². The lowest BCUT2D eigenvalue weighted by Gasteiger charge is -1.97. The smallest absolute Gasteiger partial charge is 0.143 e. The van der Waals surface area contributed by atoms with Crippen molar-refractivity contribution in [3.8, 4) is 0 Å². The molecule has 0 atom stereocenters. The van der Waals surface area contributed by atoms with E-state index in [0.717, 1.165) is 12.8 Å². The largest absolute Gasteiger partial charge is 0.299 e. The highest BCUT2D eigenvalue weighted by molar-refractivity contribution is 6.30. The molecule has 0 radical (unpaired) electrons. The lowest BCUT2D eigenvalue weighted by molar-refractivity contribution is -0.119. The number of rotatable bonds is 3. The highest BCUT2D eigenvalue weighted by Gasteiger charge is 2.29. The van der Waals surface area contributed by atoms with E-state index in [4.69, 9.17) is 11.6 Å². The van der Waals surface area contributed by atoms with Crippen LogP contribution in [0, 0.1) is 5.92 Å². The molecule has 1 aliphatic rings. The van der Waals surface area contributed by atoms with Gasteiger partial charge in [0.05, 0.1) is 11.4 Å². The van der Waals surface area contributed by atoms with Crippen LogP contribution in [0.1, 0.15) is 18.7 Å². The van der Waals surface area contributed by atoms with Gasteiger partial charge >= 0.3 is 0 Å². The van der Waals surface area contributed by atoms with Crippen LogP contribution < -0.4 is 0 Å². The van der Waals surface area contributed by atoms with Crippen LogP contribution >= 0.6 is 11.6 Å². The van der Waals surface area contributed by atoms with Crippen LogP contribution in [0.25, 0.3) is 0 Å². The van der Waals surface area contributed by atoms with Crippen molar-refractivity contribution in [2.24, 2.45) is 5.92 Å². The lowest BCUT2D eigenvalue weighted by Crippen LogP contribution is -2.07. The van der Waals surface area contributed by atoms with E-state index in [0.29, 0.717) is 17.3 Å². The standard InChI is InChI=1S/C9H9ClN2O/c10-7-4-11-9(12-5-7)3-8(13)6-1-2-6/h4-6H,1-3H2. The summed E-state index contributed by atoms with van der Waals surface area (Å²) in [6, 6.07) is 0. The molecule has 1 heterocycles. The summed E-state index contributed by atoms with van der Waals surface area (Å²) >= 11 is 5.61. The van der Waals surface area contributed by atoms with Gasteiger partial charge in [0, 0.05) is 18.3 Å². The maximum absolute atomic E-state index is 11.3. The van der Waals surface area contributed by atoms with E-state index in [-0.39, 0.29) is 11.7 Å². The normalized spacial score (nSPS) is 15.8. The van der Waals surface area contributed by atoms with Gasteiger partial charge in [0.15, 0.2) is 0 Å². The summed E-state index contributed by atoms with van der Waals surface area (Å²) in [5, 5.41) is 0.502. The summed E-state index contributed by atoms with van der Waals surface area (Å²) < 4.78 is 0. The molecule has 0 unspecified atom stereocenters. The first-order valence-electron chi connectivity index (χ1n) is 4.25. The van der Waals surface area contributed by atoms with Crippen molar-refractivity contribution in [1.82, 2.24) is 9.97 Å². The average molecular weight is 197 g/mol. The van der Waals surface area contributed by atoms with Gasteiger partial charge in [-0.2, -0.15) is 0 Å². The minimum absolute atomic E-state index is 0.252. The Morgan fingerprint density at radius 1 is 1.46 bits per heavy atom. The molecule has 1 fully saturated rings. The van der Waals surface area contributed by atoms with Gasteiger partial charge in [0.1, 0.15) is 11.6 Å². The fraction of sp³-hybridized carbons (Fsp3) is 0.444. The van der Waals surface area contributed by atoms with Crippen LogP contribution in [-0.2, 0) is 11.2 Å². The summed E-state index contributed by atoms with van der Waals surface area (Å²) in [6.45, 7) is 0. The maximum atomic E-state index is 11.3. The Morgan fingerprint density at radius 2 is 2.08 bits per heavy atom. The SMILES string of the molecule is O=C(Cc1ncc(Cl)cn1)C1CC1. The maximum Gasteiger partial charge on any atom is 0.143 e. The van der Waals surface area contributed by atoms with Crippen LogP contribution in [0.15, 0.2) is 12.4 Å². The zero-order valence-corrected chi connectivity index (χ0v) is 7.79. The number of ketones is 1. The summed E-state index contributed by atoms with van der Waals surface area (Å²) in [6.07, 6.45) is 5.45. The second-order valence-corrected chi connectivity index (χ2v) is 3.67. The highest BCUT2D eigenvalue weighted by Crippen LogP contribution is 2.30. The Morgan fingerprint density at radius 3 is 2.62 bits per heavy atom. The third-order valence-corrected chi connectivity index (χ3v) is 2.23. The quantitative estimate of drug-likeness (QED) is 0.739. The fourth-order valence-corrected chi connectivity index (χ4v) is 1.23. The zero-order chi connectivity index (χ0) is 9.26. The molecule has 0 aliphatic heterocycles. The average Bonchev–Trinajstić information content (AvgIpc) is 2.91. The molecule has 1 aliphatic carbocycles. The van der Waals surface area contributed by atoms with Crippen LogP contribution in [0.5, 0.6) is 0 Å². The van der Waals surface area contributed by atoms with E-state index in [9.17, 15) is 4.79 Å². The van der Waals surface area contributed by atoms with Crippen molar-refractivity contribution >= 4 is 17.4 Å². The first-order valence-corrected chi connectivity index (χ1v) is 4.62. The summed E-state index contributed by atoms with van der Waals surface area (Å²) in [7, 11) is 0.